The Balaban J connectivity index is 2.26. The molecule has 0 saturated carbocycles. The van der Waals surface area contributed by atoms with Crippen LogP contribution in [0.4, 0.5) is 13.2 Å². The Bertz CT molecular complexity index is 946. The fraction of sp³-hybridized carbons (Fsp3) is 0.579. The molecule has 1 fully saturated rings. The molecular weight excluding hydrogens is 439 g/mol. The first kappa shape index (κ1) is 25.1. The van der Waals surface area contributed by atoms with Gasteiger partial charge in [-0.1, -0.05) is 0 Å². The van der Waals surface area contributed by atoms with Crippen LogP contribution in [0.25, 0.3) is 0 Å². The van der Waals surface area contributed by atoms with E-state index < -0.39 is 39.8 Å². The average molecular weight is 465 g/mol. The van der Waals surface area contributed by atoms with Crippen molar-refractivity contribution in [3.8, 4) is 0 Å². The van der Waals surface area contributed by atoms with Gasteiger partial charge in [0.1, 0.15) is 0 Å². The number of rotatable bonds is 4. The lowest BCUT2D eigenvalue weighted by Gasteiger charge is -2.45. The Morgan fingerprint density at radius 2 is 1.58 bits per heavy atom. The van der Waals surface area contributed by atoms with Crippen LogP contribution in [0, 0.1) is 0 Å². The van der Waals surface area contributed by atoms with E-state index in [0.29, 0.717) is 12.5 Å². The van der Waals surface area contributed by atoms with Gasteiger partial charge in [0.2, 0.25) is 15.6 Å². The first-order valence-corrected chi connectivity index (χ1v) is 10.9. The second kappa shape index (κ2) is 8.40. The fourth-order valence-corrected chi connectivity index (χ4v) is 4.98. The molecule has 174 valence electrons. The van der Waals surface area contributed by atoms with Crippen LogP contribution in [-0.2, 0) is 14.8 Å². The predicted molar refractivity (Wildman–Crippen MR) is 106 cm³/mol. The molecule has 0 radical (unpaired) electrons. The smallest absolute Gasteiger partial charge is 0.373 e. The van der Waals surface area contributed by atoms with Gasteiger partial charge in [0, 0.05) is 44.8 Å². The third kappa shape index (κ3) is 4.70. The zero-order valence-electron chi connectivity index (χ0n) is 17.8. The number of alkyl halides is 3. The number of nitrogens with zero attached hydrogens (tertiary/aromatic N) is 3. The summed E-state index contributed by atoms with van der Waals surface area (Å²) >= 11 is 0. The molecule has 1 aromatic carbocycles. The minimum Gasteiger partial charge on any atom is -0.373 e. The summed E-state index contributed by atoms with van der Waals surface area (Å²) in [6, 6.07) is 3.59. The monoisotopic (exact) mass is 465 g/mol. The SMILES string of the molecule is C[C@@H]1CN(S(=O)(=O)c2ccc(C(=O)N(C)C)cc2)[C@H](C)CN1C(=O)C(C)(O)C(F)(F)F. The molecule has 1 heterocycles. The lowest BCUT2D eigenvalue weighted by Crippen LogP contribution is -2.65. The molecule has 1 saturated heterocycles. The van der Waals surface area contributed by atoms with Crippen molar-refractivity contribution in [2.45, 2.75) is 49.5 Å². The Morgan fingerprint density at radius 1 is 1.06 bits per heavy atom. The lowest BCUT2D eigenvalue weighted by atomic mass is 10.0. The van der Waals surface area contributed by atoms with Crippen molar-refractivity contribution >= 4 is 21.8 Å². The van der Waals surface area contributed by atoms with Gasteiger partial charge in [-0.05, 0) is 45.0 Å². The van der Waals surface area contributed by atoms with Crippen molar-refractivity contribution in [3.63, 3.8) is 0 Å². The largest absolute Gasteiger partial charge is 0.426 e. The maximum absolute atomic E-state index is 13.1. The maximum Gasteiger partial charge on any atom is 0.426 e. The Hall–Kier alpha value is -2.18. The lowest BCUT2D eigenvalue weighted by molar-refractivity contribution is -0.251. The summed E-state index contributed by atoms with van der Waals surface area (Å²) < 4.78 is 66.5. The van der Waals surface area contributed by atoms with Crippen molar-refractivity contribution in [3.05, 3.63) is 29.8 Å². The third-order valence-corrected chi connectivity index (χ3v) is 7.27. The van der Waals surface area contributed by atoms with Gasteiger partial charge in [0.15, 0.2) is 0 Å². The van der Waals surface area contributed by atoms with Gasteiger partial charge >= 0.3 is 6.18 Å². The molecule has 0 spiro atoms. The van der Waals surface area contributed by atoms with Crippen molar-refractivity contribution in [1.29, 1.82) is 0 Å². The molecule has 2 amide bonds. The highest BCUT2D eigenvalue weighted by Gasteiger charge is 2.58. The summed E-state index contributed by atoms with van der Waals surface area (Å²) in [5.74, 6) is -1.82. The van der Waals surface area contributed by atoms with Gasteiger partial charge < -0.3 is 14.9 Å². The van der Waals surface area contributed by atoms with Gasteiger partial charge in [-0.25, -0.2) is 8.42 Å². The second-order valence-corrected chi connectivity index (χ2v) is 9.91. The standard InChI is InChI=1S/C19H26F3N3O5S/c1-12-11-25(13(2)10-24(12)17(27)18(3,28)19(20,21)22)31(29,30)15-8-6-14(7-9-15)16(26)23(4)5/h6-9,12-13,28H,10-11H2,1-5H3/t12-,13-,18?/m1/s1. The van der Waals surface area contributed by atoms with Crippen LogP contribution in [0.1, 0.15) is 31.1 Å². The highest BCUT2D eigenvalue weighted by molar-refractivity contribution is 7.89. The summed E-state index contributed by atoms with van der Waals surface area (Å²) in [6.07, 6.45) is -5.16. The van der Waals surface area contributed by atoms with E-state index in [1.54, 1.807) is 14.1 Å². The molecule has 1 aliphatic rings. The van der Waals surface area contributed by atoms with Crippen LogP contribution >= 0.6 is 0 Å². The number of aliphatic hydroxyl groups is 1. The zero-order valence-corrected chi connectivity index (χ0v) is 18.7. The normalized spacial score (nSPS) is 22.7. The van der Waals surface area contributed by atoms with Crippen molar-refractivity contribution in [2.75, 3.05) is 27.2 Å². The summed E-state index contributed by atoms with van der Waals surface area (Å²) in [7, 11) is -0.909. The van der Waals surface area contributed by atoms with Crippen LogP contribution in [-0.4, -0.2) is 90.5 Å². The molecule has 1 N–H and O–H groups in total. The first-order chi connectivity index (χ1) is 14.0. The van der Waals surface area contributed by atoms with Crippen LogP contribution in [0.5, 0.6) is 0 Å². The van der Waals surface area contributed by atoms with Gasteiger partial charge in [-0.15, -0.1) is 0 Å². The number of sulfonamides is 1. The van der Waals surface area contributed by atoms with Crippen molar-refractivity contribution < 1.29 is 36.3 Å². The number of carbonyl (C=O) groups is 2. The Labute approximate surface area is 179 Å². The summed E-state index contributed by atoms with van der Waals surface area (Å²) in [5, 5.41) is 9.71. The van der Waals surface area contributed by atoms with E-state index in [1.165, 1.54) is 43.0 Å². The Kier molecular flexibility index (Phi) is 6.79. The van der Waals surface area contributed by atoms with Crippen LogP contribution < -0.4 is 0 Å². The number of benzene rings is 1. The molecule has 0 bridgehead atoms. The number of piperazine rings is 1. The molecule has 12 heteroatoms. The molecule has 8 nitrogen and oxygen atoms in total. The minimum absolute atomic E-state index is 0.0797. The molecule has 1 aromatic rings. The second-order valence-electron chi connectivity index (χ2n) is 8.02. The van der Waals surface area contributed by atoms with E-state index in [9.17, 15) is 36.3 Å². The molecule has 0 aliphatic carbocycles. The molecule has 2 rings (SSSR count). The quantitative estimate of drug-likeness (QED) is 0.723. The van der Waals surface area contributed by atoms with E-state index in [4.69, 9.17) is 0 Å². The number of hydrogen-bond donors (Lipinski definition) is 1. The van der Waals surface area contributed by atoms with Crippen LogP contribution in [0.3, 0.4) is 0 Å². The topological polar surface area (TPSA) is 98.2 Å². The van der Waals surface area contributed by atoms with E-state index in [0.717, 1.165) is 9.21 Å². The van der Waals surface area contributed by atoms with Gasteiger partial charge in [0.05, 0.1) is 4.90 Å². The zero-order chi connectivity index (χ0) is 23.9. The molecular formula is C19H26F3N3O5S. The van der Waals surface area contributed by atoms with E-state index in [2.05, 4.69) is 0 Å². The highest BCUT2D eigenvalue weighted by Crippen LogP contribution is 2.34. The summed E-state index contributed by atoms with van der Waals surface area (Å²) in [6.45, 7) is 2.70. The van der Waals surface area contributed by atoms with E-state index >= 15 is 0 Å². The van der Waals surface area contributed by atoms with Crippen LogP contribution in [0.2, 0.25) is 0 Å². The molecule has 1 aliphatic heterocycles. The van der Waals surface area contributed by atoms with E-state index in [-0.39, 0.29) is 23.9 Å². The molecule has 0 aromatic heterocycles. The number of carbonyl (C=O) groups excluding carboxylic acids is 2. The molecule has 31 heavy (non-hydrogen) atoms. The summed E-state index contributed by atoms with van der Waals surface area (Å²) in [4.78, 5) is 26.5. The third-order valence-electron chi connectivity index (χ3n) is 5.27. The molecule has 3 atom stereocenters. The first-order valence-electron chi connectivity index (χ1n) is 9.45. The number of amides is 2. The fourth-order valence-electron chi connectivity index (χ4n) is 3.28. The van der Waals surface area contributed by atoms with Crippen molar-refractivity contribution in [1.82, 2.24) is 14.1 Å². The van der Waals surface area contributed by atoms with Gasteiger partial charge in [-0.2, -0.15) is 17.5 Å². The average Bonchev–Trinajstić information content (AvgIpc) is 2.67. The van der Waals surface area contributed by atoms with Crippen molar-refractivity contribution in [2.24, 2.45) is 0 Å². The van der Waals surface area contributed by atoms with E-state index in [1.807, 2.05) is 0 Å². The number of halogens is 3. The molecule has 1 unspecified atom stereocenters. The highest BCUT2D eigenvalue weighted by atomic mass is 32.2. The Morgan fingerprint density at radius 3 is 2.03 bits per heavy atom. The summed E-state index contributed by atoms with van der Waals surface area (Å²) in [5.41, 5.74) is -3.27. The van der Waals surface area contributed by atoms with Gasteiger partial charge in [-0.3, -0.25) is 9.59 Å². The minimum atomic E-state index is -5.16. The number of hydrogen-bond acceptors (Lipinski definition) is 5. The van der Waals surface area contributed by atoms with Gasteiger partial charge in [0.25, 0.3) is 11.8 Å². The van der Waals surface area contributed by atoms with Crippen LogP contribution in [0.15, 0.2) is 29.2 Å². The maximum atomic E-state index is 13.1. The predicted octanol–water partition coefficient (Wildman–Crippen LogP) is 1.31.